The number of ketones is 1. The zero-order chi connectivity index (χ0) is 17.9. The second-order valence-electron chi connectivity index (χ2n) is 6.93. The first-order valence-electron chi connectivity index (χ1n) is 9.13. The Kier molecular flexibility index (Phi) is 4.94. The fraction of sp³-hybridized carbons (Fsp3) is 0.208. The maximum absolute atomic E-state index is 13.3. The van der Waals surface area contributed by atoms with E-state index in [9.17, 15) is 4.79 Å². The summed E-state index contributed by atoms with van der Waals surface area (Å²) in [5.74, 6) is 0.304. The largest absolute Gasteiger partial charge is 0.294 e. The fourth-order valence-electron chi connectivity index (χ4n) is 3.69. The summed E-state index contributed by atoms with van der Waals surface area (Å²) in [4.78, 5) is 14.5. The molecule has 1 aliphatic carbocycles. The lowest BCUT2D eigenvalue weighted by Crippen LogP contribution is -2.27. The SMILES string of the molecule is Cc1ccc([C@@H](Sc2ccccc2)[C@H]2CCc3ccccc3C2=O)cc1. The Morgan fingerprint density at radius 1 is 0.885 bits per heavy atom. The molecule has 0 amide bonds. The Bertz CT molecular complexity index is 899. The summed E-state index contributed by atoms with van der Waals surface area (Å²) in [6.45, 7) is 2.10. The number of aryl methyl sites for hydroxylation is 2. The summed E-state index contributed by atoms with van der Waals surface area (Å²) in [5, 5.41) is 0.138. The third-order valence-corrected chi connectivity index (χ3v) is 6.52. The molecule has 3 aromatic carbocycles. The highest BCUT2D eigenvalue weighted by Gasteiger charge is 2.34. The molecule has 1 aliphatic rings. The molecule has 2 atom stereocenters. The van der Waals surface area contributed by atoms with Crippen molar-refractivity contribution in [2.75, 3.05) is 0 Å². The molecule has 2 heteroatoms. The van der Waals surface area contributed by atoms with Crippen LogP contribution in [0.15, 0.2) is 83.8 Å². The first-order chi connectivity index (χ1) is 12.7. The lowest BCUT2D eigenvalue weighted by molar-refractivity contribution is 0.0899. The van der Waals surface area contributed by atoms with Crippen molar-refractivity contribution in [3.8, 4) is 0 Å². The van der Waals surface area contributed by atoms with Crippen LogP contribution in [0.25, 0.3) is 0 Å². The van der Waals surface area contributed by atoms with Gasteiger partial charge in [-0.3, -0.25) is 4.79 Å². The van der Waals surface area contributed by atoms with Gasteiger partial charge in [0, 0.05) is 21.6 Å². The molecule has 0 N–H and O–H groups in total. The van der Waals surface area contributed by atoms with E-state index in [1.807, 2.05) is 36.0 Å². The van der Waals surface area contributed by atoms with Gasteiger partial charge in [-0.1, -0.05) is 72.3 Å². The van der Waals surface area contributed by atoms with Gasteiger partial charge in [0.15, 0.2) is 5.78 Å². The summed E-state index contributed by atoms with van der Waals surface area (Å²) in [7, 11) is 0. The summed E-state index contributed by atoms with van der Waals surface area (Å²) >= 11 is 1.81. The van der Waals surface area contributed by atoms with E-state index in [1.165, 1.54) is 21.6 Å². The second kappa shape index (κ2) is 7.51. The topological polar surface area (TPSA) is 17.1 Å². The zero-order valence-electron chi connectivity index (χ0n) is 14.9. The highest BCUT2D eigenvalue weighted by molar-refractivity contribution is 7.99. The fourth-order valence-corrected chi connectivity index (χ4v) is 5.02. The predicted molar refractivity (Wildman–Crippen MR) is 109 cm³/mol. The Balaban J connectivity index is 1.71. The molecule has 0 saturated heterocycles. The normalized spacial score (nSPS) is 17.6. The molecule has 1 nitrogen and oxygen atoms in total. The van der Waals surface area contributed by atoms with Crippen molar-refractivity contribution in [1.29, 1.82) is 0 Å². The van der Waals surface area contributed by atoms with E-state index >= 15 is 0 Å². The minimum atomic E-state index is 0.0119. The monoisotopic (exact) mass is 358 g/mol. The molecule has 0 aliphatic heterocycles. The van der Waals surface area contributed by atoms with E-state index in [4.69, 9.17) is 0 Å². The average molecular weight is 359 g/mol. The molecule has 3 aromatic rings. The quantitative estimate of drug-likeness (QED) is 0.511. The van der Waals surface area contributed by atoms with Gasteiger partial charge in [-0.25, -0.2) is 0 Å². The summed E-state index contributed by atoms with van der Waals surface area (Å²) in [6.07, 6.45) is 1.89. The molecular weight excluding hydrogens is 336 g/mol. The van der Waals surface area contributed by atoms with E-state index in [1.54, 1.807) is 0 Å². The van der Waals surface area contributed by atoms with Crippen molar-refractivity contribution < 1.29 is 4.79 Å². The number of carbonyl (C=O) groups is 1. The Hall–Kier alpha value is -2.32. The first kappa shape index (κ1) is 17.1. The van der Waals surface area contributed by atoms with E-state index in [0.717, 1.165) is 18.4 Å². The standard InChI is InChI=1S/C24H22OS/c1-17-11-13-19(14-12-17)24(26-20-8-3-2-4-9-20)22-16-15-18-7-5-6-10-21(18)23(22)25/h2-14,22,24H,15-16H2,1H3/t22-,24+/m0/s1. The number of hydrogen-bond acceptors (Lipinski definition) is 2. The second-order valence-corrected chi connectivity index (χ2v) is 8.14. The smallest absolute Gasteiger partial charge is 0.167 e. The van der Waals surface area contributed by atoms with Gasteiger partial charge in [0.2, 0.25) is 0 Å². The van der Waals surface area contributed by atoms with Gasteiger partial charge in [-0.15, -0.1) is 11.8 Å². The van der Waals surface area contributed by atoms with Crippen LogP contribution < -0.4 is 0 Å². The molecule has 0 radical (unpaired) electrons. The number of carbonyl (C=O) groups excluding carboxylic acids is 1. The van der Waals surface area contributed by atoms with Crippen molar-refractivity contribution in [3.63, 3.8) is 0 Å². The molecule has 0 bridgehead atoms. The Morgan fingerprint density at radius 3 is 2.35 bits per heavy atom. The molecule has 0 fully saturated rings. The Morgan fingerprint density at radius 2 is 1.58 bits per heavy atom. The van der Waals surface area contributed by atoms with Gasteiger partial charge in [0.05, 0.1) is 0 Å². The summed E-state index contributed by atoms with van der Waals surface area (Å²) in [6, 6.07) is 27.2. The Labute approximate surface area is 159 Å². The average Bonchev–Trinajstić information content (AvgIpc) is 2.69. The third kappa shape index (κ3) is 3.47. The lowest BCUT2D eigenvalue weighted by Gasteiger charge is -2.30. The van der Waals surface area contributed by atoms with Gasteiger partial charge < -0.3 is 0 Å². The highest BCUT2D eigenvalue weighted by atomic mass is 32.2. The van der Waals surface area contributed by atoms with Gasteiger partial charge in [-0.2, -0.15) is 0 Å². The molecule has 4 rings (SSSR count). The maximum atomic E-state index is 13.3. The molecule has 0 spiro atoms. The minimum Gasteiger partial charge on any atom is -0.294 e. The van der Waals surface area contributed by atoms with E-state index in [-0.39, 0.29) is 11.2 Å². The van der Waals surface area contributed by atoms with Gasteiger partial charge in [0.25, 0.3) is 0 Å². The third-order valence-electron chi connectivity index (χ3n) is 5.12. The zero-order valence-corrected chi connectivity index (χ0v) is 15.7. The summed E-state index contributed by atoms with van der Waals surface area (Å²) in [5.41, 5.74) is 4.59. The van der Waals surface area contributed by atoms with E-state index in [0.29, 0.717) is 5.78 Å². The van der Waals surface area contributed by atoms with Gasteiger partial charge in [-0.05, 0) is 43.0 Å². The van der Waals surface area contributed by atoms with E-state index in [2.05, 4.69) is 61.5 Å². The molecule has 26 heavy (non-hydrogen) atoms. The van der Waals surface area contributed by atoms with Crippen molar-refractivity contribution in [2.45, 2.75) is 29.9 Å². The van der Waals surface area contributed by atoms with Crippen molar-refractivity contribution in [1.82, 2.24) is 0 Å². The van der Waals surface area contributed by atoms with Crippen molar-refractivity contribution >= 4 is 17.5 Å². The van der Waals surface area contributed by atoms with Gasteiger partial charge in [0.1, 0.15) is 0 Å². The minimum absolute atomic E-state index is 0.0119. The molecular formula is C24H22OS. The van der Waals surface area contributed by atoms with Crippen LogP contribution >= 0.6 is 11.8 Å². The van der Waals surface area contributed by atoms with Crippen LogP contribution in [0.2, 0.25) is 0 Å². The van der Waals surface area contributed by atoms with Gasteiger partial charge >= 0.3 is 0 Å². The van der Waals surface area contributed by atoms with Crippen LogP contribution in [0.4, 0.5) is 0 Å². The number of rotatable bonds is 4. The molecule has 0 heterocycles. The van der Waals surface area contributed by atoms with Crippen LogP contribution in [0.1, 0.15) is 38.7 Å². The predicted octanol–water partition coefficient (Wildman–Crippen LogP) is 6.27. The first-order valence-corrected chi connectivity index (χ1v) is 10.0. The number of thioether (sulfide) groups is 1. The number of benzene rings is 3. The van der Waals surface area contributed by atoms with Crippen LogP contribution in [0.3, 0.4) is 0 Å². The number of fused-ring (bicyclic) bond motifs is 1. The van der Waals surface area contributed by atoms with Crippen LogP contribution in [0.5, 0.6) is 0 Å². The lowest BCUT2D eigenvalue weighted by atomic mass is 9.79. The van der Waals surface area contributed by atoms with Crippen molar-refractivity contribution in [3.05, 3.63) is 101 Å². The molecule has 0 aromatic heterocycles. The van der Waals surface area contributed by atoms with Crippen LogP contribution in [0, 0.1) is 12.8 Å². The van der Waals surface area contributed by atoms with E-state index < -0.39 is 0 Å². The van der Waals surface area contributed by atoms with Crippen LogP contribution in [-0.2, 0) is 6.42 Å². The molecule has 0 unspecified atom stereocenters. The number of Topliss-reactive ketones (excluding diaryl/α,β-unsaturated/α-hetero) is 1. The van der Waals surface area contributed by atoms with Crippen LogP contribution in [-0.4, -0.2) is 5.78 Å². The summed E-state index contributed by atoms with van der Waals surface area (Å²) < 4.78 is 0. The maximum Gasteiger partial charge on any atom is 0.167 e. The molecule has 0 saturated carbocycles. The highest BCUT2D eigenvalue weighted by Crippen LogP contribution is 2.45. The van der Waals surface area contributed by atoms with Crippen molar-refractivity contribution in [2.24, 2.45) is 5.92 Å². The number of hydrogen-bond donors (Lipinski definition) is 0. The molecule has 130 valence electrons.